The fraction of sp³-hybridized carbons (Fsp3) is 0.364. The van der Waals surface area contributed by atoms with Crippen LogP contribution in [0.3, 0.4) is 0 Å². The first-order valence-corrected chi connectivity index (χ1v) is 7.33. The van der Waals surface area contributed by atoms with Gasteiger partial charge in [-0.15, -0.1) is 0 Å². The number of hydrazine groups is 1. The molecule has 1 rings (SSSR count). The lowest BCUT2D eigenvalue weighted by Crippen LogP contribution is -2.36. The Bertz CT molecular complexity index is 520. The lowest BCUT2D eigenvalue weighted by molar-refractivity contribution is 0.602. The van der Waals surface area contributed by atoms with Crippen molar-refractivity contribution in [2.75, 3.05) is 11.6 Å². The first-order valence-electron chi connectivity index (χ1n) is 5.44. The molecule has 0 fully saturated rings. The summed E-state index contributed by atoms with van der Waals surface area (Å²) in [6, 6.07) is 6.47. The Morgan fingerprint density at radius 1 is 1.28 bits per heavy atom. The normalized spacial score (nSPS) is 12.6. The molecule has 0 atom stereocenters. The third-order valence-electron chi connectivity index (χ3n) is 2.07. The van der Waals surface area contributed by atoms with Gasteiger partial charge in [-0.2, -0.15) is 0 Å². The lowest BCUT2D eigenvalue weighted by atomic mass is 10.3. The molecule has 0 unspecified atom stereocenters. The molecule has 0 saturated heterocycles. The van der Waals surface area contributed by atoms with Gasteiger partial charge in [-0.05, 0) is 38.1 Å². The molecule has 0 amide bonds. The van der Waals surface area contributed by atoms with Crippen LogP contribution < -0.4 is 16.6 Å². The topological polar surface area (TPSA) is 96.6 Å². The van der Waals surface area contributed by atoms with Gasteiger partial charge in [0.2, 0.25) is 5.96 Å². The Balaban J connectivity index is 2.87. The minimum absolute atomic E-state index is 0.0962. The molecule has 4 N–H and O–H groups in total. The highest BCUT2D eigenvalue weighted by molar-refractivity contribution is 7.90. The van der Waals surface area contributed by atoms with E-state index >= 15 is 0 Å². The predicted octanol–water partition coefficient (Wildman–Crippen LogP) is 0.730. The molecule has 0 spiro atoms. The summed E-state index contributed by atoms with van der Waals surface area (Å²) in [5, 5.41) is 2.96. The van der Waals surface area contributed by atoms with Crippen molar-refractivity contribution in [2.24, 2.45) is 10.8 Å². The van der Waals surface area contributed by atoms with Crippen LogP contribution in [0.4, 0.5) is 5.69 Å². The van der Waals surface area contributed by atoms with Crippen LogP contribution >= 0.6 is 0 Å². The molecule has 0 bridgehead atoms. The molecule has 0 saturated carbocycles. The van der Waals surface area contributed by atoms with Crippen molar-refractivity contribution >= 4 is 21.5 Å². The van der Waals surface area contributed by atoms with Gasteiger partial charge >= 0.3 is 0 Å². The van der Waals surface area contributed by atoms with Crippen molar-refractivity contribution in [3.63, 3.8) is 0 Å². The molecular weight excluding hydrogens is 252 g/mol. The maximum absolute atomic E-state index is 11.3. The molecule has 1 aromatic carbocycles. The first-order chi connectivity index (χ1) is 8.32. The number of guanidine groups is 1. The Morgan fingerprint density at radius 2 is 1.83 bits per heavy atom. The molecule has 0 aromatic heterocycles. The largest absolute Gasteiger partial charge is 0.325 e. The number of nitrogens with two attached hydrogens (primary N) is 1. The van der Waals surface area contributed by atoms with Gasteiger partial charge < -0.3 is 5.32 Å². The number of hydrogen-bond donors (Lipinski definition) is 3. The van der Waals surface area contributed by atoms with Crippen molar-refractivity contribution in [1.29, 1.82) is 0 Å². The molecule has 100 valence electrons. The van der Waals surface area contributed by atoms with Crippen LogP contribution in [0, 0.1) is 0 Å². The summed E-state index contributed by atoms with van der Waals surface area (Å²) in [7, 11) is -3.17. The fourth-order valence-electron chi connectivity index (χ4n) is 1.29. The van der Waals surface area contributed by atoms with E-state index in [1.165, 1.54) is 18.4 Å². The zero-order chi connectivity index (χ0) is 13.8. The zero-order valence-corrected chi connectivity index (χ0v) is 11.5. The Morgan fingerprint density at radius 3 is 2.22 bits per heavy atom. The molecule has 0 radical (unpaired) electrons. The van der Waals surface area contributed by atoms with Crippen LogP contribution in [0.15, 0.2) is 34.2 Å². The molecule has 18 heavy (non-hydrogen) atoms. The number of hydrogen-bond acceptors (Lipinski definition) is 4. The van der Waals surface area contributed by atoms with E-state index in [4.69, 9.17) is 5.84 Å². The third kappa shape index (κ3) is 4.34. The van der Waals surface area contributed by atoms with E-state index in [0.717, 1.165) is 0 Å². The molecule has 1 aromatic rings. The Hall–Kier alpha value is -1.60. The third-order valence-corrected chi connectivity index (χ3v) is 3.20. The summed E-state index contributed by atoms with van der Waals surface area (Å²) in [4.78, 5) is 4.49. The minimum Gasteiger partial charge on any atom is -0.325 e. The van der Waals surface area contributed by atoms with Crippen molar-refractivity contribution < 1.29 is 8.42 Å². The monoisotopic (exact) mass is 270 g/mol. The molecule has 0 aliphatic rings. The van der Waals surface area contributed by atoms with Crippen molar-refractivity contribution in [3.05, 3.63) is 24.3 Å². The summed E-state index contributed by atoms with van der Waals surface area (Å²) in [5.74, 6) is 5.76. The van der Waals surface area contributed by atoms with Crippen molar-refractivity contribution in [1.82, 2.24) is 5.43 Å². The highest BCUT2D eigenvalue weighted by Gasteiger charge is 2.06. The molecule has 7 heteroatoms. The summed E-state index contributed by atoms with van der Waals surface area (Å²) < 4.78 is 22.6. The smallest absolute Gasteiger partial charge is 0.210 e. The van der Waals surface area contributed by atoms with Crippen molar-refractivity contribution in [3.8, 4) is 0 Å². The lowest BCUT2D eigenvalue weighted by Gasteiger charge is -2.10. The van der Waals surface area contributed by atoms with Gasteiger partial charge in [-0.25, -0.2) is 19.3 Å². The van der Waals surface area contributed by atoms with Gasteiger partial charge in [0.1, 0.15) is 0 Å². The zero-order valence-electron chi connectivity index (χ0n) is 10.6. The van der Waals surface area contributed by atoms with E-state index in [2.05, 4.69) is 15.7 Å². The molecule has 0 aliphatic carbocycles. The Kier molecular flexibility index (Phi) is 4.69. The minimum atomic E-state index is -3.17. The van der Waals surface area contributed by atoms with Crippen molar-refractivity contribution in [2.45, 2.75) is 24.8 Å². The summed E-state index contributed by atoms with van der Waals surface area (Å²) in [6.07, 6.45) is 1.17. The summed E-state index contributed by atoms with van der Waals surface area (Å²) in [6.45, 7) is 3.84. The average Bonchev–Trinajstić information content (AvgIpc) is 2.27. The number of anilines is 1. The fourth-order valence-corrected chi connectivity index (χ4v) is 1.92. The molecule has 6 nitrogen and oxygen atoms in total. The first kappa shape index (κ1) is 14.5. The van der Waals surface area contributed by atoms with Gasteiger partial charge in [-0.1, -0.05) is 0 Å². The van der Waals surface area contributed by atoms with E-state index in [1.807, 2.05) is 13.8 Å². The highest BCUT2D eigenvalue weighted by Crippen LogP contribution is 2.13. The number of sulfone groups is 1. The van der Waals surface area contributed by atoms with Crippen LogP contribution in [0.2, 0.25) is 0 Å². The van der Waals surface area contributed by atoms with E-state index in [-0.39, 0.29) is 10.9 Å². The number of nitrogens with one attached hydrogen (secondary N) is 2. The van der Waals surface area contributed by atoms with Crippen LogP contribution in [0.1, 0.15) is 13.8 Å². The maximum atomic E-state index is 11.3. The van der Waals surface area contributed by atoms with Gasteiger partial charge in [0.25, 0.3) is 0 Å². The molecule has 0 aliphatic heterocycles. The van der Waals surface area contributed by atoms with Crippen LogP contribution in [0.5, 0.6) is 0 Å². The van der Waals surface area contributed by atoms with Crippen LogP contribution in [-0.2, 0) is 9.84 Å². The number of rotatable bonds is 3. The van der Waals surface area contributed by atoms with E-state index in [9.17, 15) is 8.42 Å². The number of nitrogens with zero attached hydrogens (tertiary/aromatic N) is 1. The Labute approximate surface area is 107 Å². The SMILES string of the molecule is CC(C)N=C(NN)Nc1ccc(S(C)(=O)=O)cc1. The second-order valence-corrected chi connectivity index (χ2v) is 6.15. The average molecular weight is 270 g/mol. The quantitative estimate of drug-likeness (QED) is 0.326. The summed E-state index contributed by atoms with van der Waals surface area (Å²) in [5.41, 5.74) is 3.16. The van der Waals surface area contributed by atoms with E-state index < -0.39 is 9.84 Å². The maximum Gasteiger partial charge on any atom is 0.210 e. The van der Waals surface area contributed by atoms with Crippen LogP contribution in [0.25, 0.3) is 0 Å². The van der Waals surface area contributed by atoms with Gasteiger partial charge in [0.15, 0.2) is 9.84 Å². The summed E-state index contributed by atoms with van der Waals surface area (Å²) >= 11 is 0. The van der Waals surface area contributed by atoms with E-state index in [1.54, 1.807) is 12.1 Å². The second kappa shape index (κ2) is 5.83. The van der Waals surface area contributed by atoms with Gasteiger partial charge in [0.05, 0.1) is 4.90 Å². The standard InChI is InChI=1S/C11H18N4O2S/c1-8(2)13-11(15-12)14-9-4-6-10(7-5-9)18(3,16)17/h4-8H,12H2,1-3H3,(H2,13,14,15). The second-order valence-electron chi connectivity index (χ2n) is 4.14. The molecule has 0 heterocycles. The number of aliphatic imine (C=N–C) groups is 1. The predicted molar refractivity (Wildman–Crippen MR) is 73.1 cm³/mol. The highest BCUT2D eigenvalue weighted by atomic mass is 32.2. The van der Waals surface area contributed by atoms with E-state index in [0.29, 0.717) is 11.6 Å². The van der Waals surface area contributed by atoms with Gasteiger partial charge in [0, 0.05) is 18.0 Å². The number of benzene rings is 1. The van der Waals surface area contributed by atoms with Crippen LogP contribution in [-0.4, -0.2) is 26.7 Å². The molecular formula is C11H18N4O2S. The van der Waals surface area contributed by atoms with Gasteiger partial charge in [-0.3, -0.25) is 5.43 Å².